The van der Waals surface area contributed by atoms with Gasteiger partial charge < -0.3 is 0 Å². The maximum Gasteiger partial charge on any atom is 0.257 e. The molecule has 8 heteroatoms. The van der Waals surface area contributed by atoms with Gasteiger partial charge >= 0.3 is 0 Å². The first kappa shape index (κ1) is 14.5. The Bertz CT molecular complexity index is 937. The first-order valence-electron chi connectivity index (χ1n) is 6.09. The summed E-state index contributed by atoms with van der Waals surface area (Å²) in [7, 11) is -1.85. The van der Waals surface area contributed by atoms with Crippen molar-refractivity contribution in [2.75, 3.05) is 0 Å². The van der Waals surface area contributed by atoms with E-state index in [1.54, 1.807) is 17.1 Å². The van der Waals surface area contributed by atoms with Crippen molar-refractivity contribution in [2.45, 2.75) is 11.4 Å². The lowest BCUT2D eigenvalue weighted by Crippen LogP contribution is -2.22. The van der Waals surface area contributed by atoms with E-state index < -0.39 is 10.0 Å². The number of hydrogen-bond acceptors (Lipinski definition) is 5. The van der Waals surface area contributed by atoms with E-state index in [4.69, 9.17) is 0 Å². The standard InChI is InChI=1S/C13H12N2O3S3/c1-15-12-7-10(4-5-11(12)13(16)20-15)21(17,18)14-8-9-3-2-6-19-9/h2-7,14H,8H2,1H3. The maximum atomic E-state index is 12.3. The van der Waals surface area contributed by atoms with Crippen LogP contribution in [0.15, 0.2) is 45.4 Å². The third-order valence-electron chi connectivity index (χ3n) is 3.08. The molecule has 1 N–H and O–H groups in total. The number of nitrogens with one attached hydrogen (secondary N) is 1. The number of rotatable bonds is 4. The van der Waals surface area contributed by atoms with Crippen LogP contribution in [0.4, 0.5) is 0 Å². The molecule has 0 spiro atoms. The minimum absolute atomic E-state index is 0.0667. The Morgan fingerprint density at radius 1 is 1.29 bits per heavy atom. The lowest BCUT2D eigenvalue weighted by atomic mass is 10.2. The summed E-state index contributed by atoms with van der Waals surface area (Å²) in [4.78, 5) is 12.8. The summed E-state index contributed by atoms with van der Waals surface area (Å²) in [5.41, 5.74) is 0.629. The third kappa shape index (κ3) is 2.80. The van der Waals surface area contributed by atoms with Gasteiger partial charge in [-0.05, 0) is 41.2 Å². The summed E-state index contributed by atoms with van der Waals surface area (Å²) >= 11 is 2.56. The van der Waals surface area contributed by atoms with Crippen LogP contribution in [0.5, 0.6) is 0 Å². The summed E-state index contributed by atoms with van der Waals surface area (Å²) in [6, 6.07) is 8.31. The largest absolute Gasteiger partial charge is 0.297 e. The first-order valence-corrected chi connectivity index (χ1v) is 9.23. The Labute approximate surface area is 129 Å². The van der Waals surface area contributed by atoms with Crippen LogP contribution in [0.3, 0.4) is 0 Å². The van der Waals surface area contributed by atoms with E-state index in [-0.39, 0.29) is 16.2 Å². The second-order valence-corrected chi connectivity index (χ2v) is 8.36. The zero-order valence-electron chi connectivity index (χ0n) is 11.1. The fourth-order valence-corrected chi connectivity index (χ4v) is 4.53. The minimum Gasteiger partial charge on any atom is -0.297 e. The van der Waals surface area contributed by atoms with Crippen LogP contribution in [0.2, 0.25) is 0 Å². The monoisotopic (exact) mass is 340 g/mol. The first-order chi connectivity index (χ1) is 9.97. The topological polar surface area (TPSA) is 68.2 Å². The second kappa shape index (κ2) is 5.38. The number of aromatic nitrogens is 1. The lowest BCUT2D eigenvalue weighted by Gasteiger charge is -2.06. The van der Waals surface area contributed by atoms with E-state index in [0.29, 0.717) is 10.9 Å². The lowest BCUT2D eigenvalue weighted by molar-refractivity contribution is 0.582. The van der Waals surface area contributed by atoms with Crippen molar-refractivity contribution < 1.29 is 8.42 Å². The predicted octanol–water partition coefficient (Wildman–Crippen LogP) is 2.14. The summed E-state index contributed by atoms with van der Waals surface area (Å²) in [5.74, 6) is 0. The number of nitrogens with zero attached hydrogens (tertiary/aromatic N) is 1. The number of aryl methyl sites for hydroxylation is 1. The zero-order valence-corrected chi connectivity index (χ0v) is 13.5. The van der Waals surface area contributed by atoms with E-state index in [0.717, 1.165) is 16.4 Å². The summed E-state index contributed by atoms with van der Waals surface area (Å²) in [5, 5.41) is 2.44. The number of sulfonamides is 1. The average molecular weight is 340 g/mol. The highest BCUT2D eigenvalue weighted by Gasteiger charge is 2.16. The van der Waals surface area contributed by atoms with E-state index in [2.05, 4.69) is 4.72 Å². The molecule has 0 radical (unpaired) electrons. The van der Waals surface area contributed by atoms with Gasteiger partial charge in [-0.3, -0.25) is 8.75 Å². The molecule has 2 heterocycles. The molecule has 110 valence electrons. The number of fused-ring (bicyclic) bond motifs is 1. The van der Waals surface area contributed by atoms with Gasteiger partial charge in [0, 0.05) is 18.5 Å². The molecule has 0 aliphatic carbocycles. The summed E-state index contributed by atoms with van der Waals surface area (Å²) < 4.78 is 28.8. The van der Waals surface area contributed by atoms with Gasteiger partial charge in [0.05, 0.1) is 15.8 Å². The van der Waals surface area contributed by atoms with Gasteiger partial charge in [0.2, 0.25) is 10.0 Å². The van der Waals surface area contributed by atoms with Crippen LogP contribution in [-0.2, 0) is 23.6 Å². The molecule has 3 rings (SSSR count). The fraction of sp³-hybridized carbons (Fsp3) is 0.154. The average Bonchev–Trinajstić information content (AvgIpc) is 3.06. The van der Waals surface area contributed by atoms with Crippen LogP contribution in [0, 0.1) is 0 Å². The van der Waals surface area contributed by atoms with Crippen molar-refractivity contribution in [1.29, 1.82) is 0 Å². The van der Waals surface area contributed by atoms with Crippen molar-refractivity contribution in [2.24, 2.45) is 7.05 Å². The highest BCUT2D eigenvalue weighted by atomic mass is 32.2. The van der Waals surface area contributed by atoms with Crippen molar-refractivity contribution in [3.63, 3.8) is 0 Å². The molecule has 0 saturated carbocycles. The quantitative estimate of drug-likeness (QED) is 0.791. The van der Waals surface area contributed by atoms with Crippen LogP contribution in [0.1, 0.15) is 4.88 Å². The van der Waals surface area contributed by atoms with E-state index in [1.807, 2.05) is 17.5 Å². The van der Waals surface area contributed by atoms with Crippen molar-refractivity contribution >= 4 is 43.8 Å². The highest BCUT2D eigenvalue weighted by molar-refractivity contribution is 7.89. The van der Waals surface area contributed by atoms with Crippen LogP contribution >= 0.6 is 22.9 Å². The van der Waals surface area contributed by atoms with Gasteiger partial charge in [0.25, 0.3) is 4.74 Å². The van der Waals surface area contributed by atoms with Crippen LogP contribution in [-0.4, -0.2) is 12.4 Å². The predicted molar refractivity (Wildman–Crippen MR) is 85.4 cm³/mol. The van der Waals surface area contributed by atoms with Gasteiger partial charge in [-0.15, -0.1) is 11.3 Å². The summed E-state index contributed by atoms with van der Waals surface area (Å²) in [6.45, 7) is 0.264. The molecule has 1 aromatic carbocycles. The molecular formula is C13H12N2O3S3. The van der Waals surface area contributed by atoms with E-state index >= 15 is 0 Å². The molecule has 3 aromatic rings. The van der Waals surface area contributed by atoms with E-state index in [1.165, 1.54) is 23.5 Å². The van der Waals surface area contributed by atoms with Crippen LogP contribution < -0.4 is 9.46 Å². The van der Waals surface area contributed by atoms with Gasteiger partial charge in [0.1, 0.15) is 0 Å². The molecule has 0 unspecified atom stereocenters. The molecule has 0 fully saturated rings. The molecule has 0 bridgehead atoms. The van der Waals surface area contributed by atoms with Crippen molar-refractivity contribution in [3.8, 4) is 0 Å². The molecular weight excluding hydrogens is 328 g/mol. The molecule has 5 nitrogen and oxygen atoms in total. The van der Waals surface area contributed by atoms with Gasteiger partial charge in [0.15, 0.2) is 0 Å². The van der Waals surface area contributed by atoms with E-state index in [9.17, 15) is 13.2 Å². The van der Waals surface area contributed by atoms with Crippen molar-refractivity contribution in [3.05, 3.63) is 50.1 Å². The SMILES string of the molecule is Cn1sc(=O)c2ccc(S(=O)(=O)NCc3cccs3)cc21. The van der Waals surface area contributed by atoms with Gasteiger partial charge in [-0.25, -0.2) is 13.1 Å². The Morgan fingerprint density at radius 2 is 2.10 bits per heavy atom. The second-order valence-electron chi connectivity index (χ2n) is 4.46. The number of hydrogen-bond donors (Lipinski definition) is 1. The molecule has 0 aliphatic heterocycles. The Balaban J connectivity index is 1.95. The Kier molecular flexibility index (Phi) is 3.70. The number of benzene rings is 1. The molecule has 2 aromatic heterocycles. The normalized spacial score (nSPS) is 12.0. The Hall–Kier alpha value is -1.48. The fourth-order valence-electron chi connectivity index (χ4n) is 2.00. The molecule has 0 aliphatic rings. The van der Waals surface area contributed by atoms with Crippen LogP contribution in [0.25, 0.3) is 10.9 Å². The maximum absolute atomic E-state index is 12.3. The molecule has 0 saturated heterocycles. The third-order valence-corrected chi connectivity index (χ3v) is 6.21. The molecule has 0 amide bonds. The van der Waals surface area contributed by atoms with Gasteiger partial charge in [-0.1, -0.05) is 6.07 Å². The van der Waals surface area contributed by atoms with Crippen molar-refractivity contribution in [1.82, 2.24) is 8.68 Å². The smallest absolute Gasteiger partial charge is 0.257 e. The Morgan fingerprint density at radius 3 is 2.81 bits per heavy atom. The van der Waals surface area contributed by atoms with Gasteiger partial charge in [-0.2, -0.15) is 0 Å². The zero-order chi connectivity index (χ0) is 15.0. The molecule has 21 heavy (non-hydrogen) atoms. The minimum atomic E-state index is -3.59. The highest BCUT2D eigenvalue weighted by Crippen LogP contribution is 2.19. The molecule has 0 atom stereocenters. The summed E-state index contributed by atoms with van der Waals surface area (Å²) in [6.07, 6.45) is 0. The number of thiophene rings is 1.